The van der Waals surface area contributed by atoms with E-state index in [1.165, 1.54) is 0 Å². The van der Waals surface area contributed by atoms with Crippen molar-refractivity contribution >= 4 is 0 Å². The number of rotatable bonds is 13. The summed E-state index contributed by atoms with van der Waals surface area (Å²) in [5.74, 6) is 0. The minimum atomic E-state index is 0.197. The Morgan fingerprint density at radius 2 is 1.83 bits per heavy atom. The Kier molecular flexibility index (Phi) is 13.1. The zero-order valence-corrected chi connectivity index (χ0v) is 12.2. The molecule has 0 saturated heterocycles. The molecule has 18 heavy (non-hydrogen) atoms. The lowest BCUT2D eigenvalue weighted by Crippen LogP contribution is -2.38. The number of hydrogen-bond acceptors (Lipinski definition) is 5. The van der Waals surface area contributed by atoms with Crippen LogP contribution in [0, 0.1) is 0 Å². The molecule has 0 heterocycles. The Bertz CT molecular complexity index is 170. The molecule has 5 heteroatoms. The quantitative estimate of drug-likeness (QED) is 0.469. The fourth-order valence-electron chi connectivity index (χ4n) is 1.87. The number of hydrogen-bond donors (Lipinski definition) is 2. The molecule has 110 valence electrons. The summed E-state index contributed by atoms with van der Waals surface area (Å²) in [7, 11) is 3.45. The number of ether oxygens (including phenoxy) is 2. The van der Waals surface area contributed by atoms with Crippen molar-refractivity contribution in [3.8, 4) is 0 Å². The Labute approximate surface area is 111 Å². The van der Waals surface area contributed by atoms with Crippen LogP contribution in [0.1, 0.15) is 19.8 Å². The first-order chi connectivity index (χ1) is 8.78. The summed E-state index contributed by atoms with van der Waals surface area (Å²) >= 11 is 0. The van der Waals surface area contributed by atoms with Gasteiger partial charge in [0, 0.05) is 40.0 Å². The second-order valence-electron chi connectivity index (χ2n) is 4.41. The first kappa shape index (κ1) is 17.8. The molecule has 0 aliphatic heterocycles. The van der Waals surface area contributed by atoms with Crippen molar-refractivity contribution in [1.29, 1.82) is 0 Å². The van der Waals surface area contributed by atoms with Crippen molar-refractivity contribution in [3.63, 3.8) is 0 Å². The second kappa shape index (κ2) is 13.2. The maximum Gasteiger partial charge on any atom is 0.0589 e. The Hall–Kier alpha value is -0.200. The average molecular weight is 262 g/mol. The van der Waals surface area contributed by atoms with Crippen LogP contribution in [-0.4, -0.2) is 76.3 Å². The molecule has 0 aromatic carbocycles. The largest absolute Gasteiger partial charge is 0.395 e. The zero-order chi connectivity index (χ0) is 13.6. The highest BCUT2D eigenvalue weighted by Crippen LogP contribution is 1.99. The summed E-state index contributed by atoms with van der Waals surface area (Å²) in [5.41, 5.74) is 0. The van der Waals surface area contributed by atoms with Crippen molar-refractivity contribution in [2.75, 3.05) is 60.2 Å². The summed E-state index contributed by atoms with van der Waals surface area (Å²) in [6, 6.07) is 0.197. The Balaban J connectivity index is 3.88. The molecule has 0 spiro atoms. The Morgan fingerprint density at radius 1 is 1.11 bits per heavy atom. The summed E-state index contributed by atoms with van der Waals surface area (Å²) in [5, 5.41) is 12.5. The number of aliphatic hydroxyl groups excluding tert-OH is 1. The molecule has 5 nitrogen and oxygen atoms in total. The van der Waals surface area contributed by atoms with Crippen LogP contribution in [0.4, 0.5) is 0 Å². The molecule has 0 aliphatic carbocycles. The molecule has 0 aromatic rings. The Morgan fingerprint density at radius 3 is 2.39 bits per heavy atom. The molecule has 0 saturated carbocycles. The number of aliphatic hydroxyl groups is 1. The highest BCUT2D eigenvalue weighted by Gasteiger charge is 2.09. The van der Waals surface area contributed by atoms with Crippen LogP contribution < -0.4 is 5.32 Å². The van der Waals surface area contributed by atoms with Crippen molar-refractivity contribution in [1.82, 2.24) is 10.2 Å². The van der Waals surface area contributed by atoms with Gasteiger partial charge in [-0.15, -0.1) is 0 Å². The van der Waals surface area contributed by atoms with Gasteiger partial charge in [0.2, 0.25) is 0 Å². The van der Waals surface area contributed by atoms with Gasteiger partial charge in [-0.05, 0) is 25.9 Å². The average Bonchev–Trinajstić information content (AvgIpc) is 2.39. The molecule has 0 aromatic heterocycles. The van der Waals surface area contributed by atoms with Crippen molar-refractivity contribution < 1.29 is 14.6 Å². The normalized spacial score (nSPS) is 13.2. The van der Waals surface area contributed by atoms with Crippen LogP contribution in [0.15, 0.2) is 0 Å². The highest BCUT2D eigenvalue weighted by atomic mass is 16.5. The van der Waals surface area contributed by atoms with Gasteiger partial charge in [-0.1, -0.05) is 6.92 Å². The minimum absolute atomic E-state index is 0.197. The van der Waals surface area contributed by atoms with E-state index < -0.39 is 0 Å². The van der Waals surface area contributed by atoms with Gasteiger partial charge in [0.25, 0.3) is 0 Å². The standard InChI is InChI=1S/C13H30N2O3/c1-4-14-13(12-16)6-8-15(9-11-18-3)7-5-10-17-2/h13-14,16H,4-12H2,1-3H3. The van der Waals surface area contributed by atoms with Crippen LogP contribution in [-0.2, 0) is 9.47 Å². The van der Waals surface area contributed by atoms with Gasteiger partial charge in [-0.3, -0.25) is 0 Å². The van der Waals surface area contributed by atoms with Gasteiger partial charge in [0.05, 0.1) is 13.2 Å². The maximum absolute atomic E-state index is 9.23. The van der Waals surface area contributed by atoms with E-state index in [4.69, 9.17) is 9.47 Å². The van der Waals surface area contributed by atoms with Gasteiger partial charge >= 0.3 is 0 Å². The van der Waals surface area contributed by atoms with Gasteiger partial charge in [-0.2, -0.15) is 0 Å². The van der Waals surface area contributed by atoms with E-state index in [2.05, 4.69) is 17.1 Å². The van der Waals surface area contributed by atoms with Crippen LogP contribution in [0.5, 0.6) is 0 Å². The summed E-state index contributed by atoms with van der Waals surface area (Å²) in [6.45, 7) is 7.62. The smallest absolute Gasteiger partial charge is 0.0589 e. The van der Waals surface area contributed by atoms with E-state index in [1.807, 2.05) is 0 Å². The molecule has 0 rings (SSSR count). The molecule has 0 bridgehead atoms. The lowest BCUT2D eigenvalue weighted by molar-refractivity contribution is 0.126. The van der Waals surface area contributed by atoms with Crippen molar-refractivity contribution in [2.24, 2.45) is 0 Å². The third-order valence-corrected chi connectivity index (χ3v) is 2.94. The third-order valence-electron chi connectivity index (χ3n) is 2.94. The topological polar surface area (TPSA) is 54.0 Å². The van der Waals surface area contributed by atoms with E-state index in [0.29, 0.717) is 0 Å². The zero-order valence-electron chi connectivity index (χ0n) is 12.2. The molecular formula is C13H30N2O3. The van der Waals surface area contributed by atoms with Crippen molar-refractivity contribution in [2.45, 2.75) is 25.8 Å². The van der Waals surface area contributed by atoms with Crippen molar-refractivity contribution in [3.05, 3.63) is 0 Å². The highest BCUT2D eigenvalue weighted by molar-refractivity contribution is 4.68. The SMILES string of the molecule is CCNC(CO)CCN(CCCOC)CCOC. The molecule has 0 amide bonds. The van der Waals surface area contributed by atoms with Gasteiger partial charge < -0.3 is 24.8 Å². The monoisotopic (exact) mass is 262 g/mol. The first-order valence-corrected chi connectivity index (χ1v) is 6.82. The van der Waals surface area contributed by atoms with E-state index in [9.17, 15) is 5.11 Å². The summed E-state index contributed by atoms with van der Waals surface area (Å²) in [6.07, 6.45) is 1.99. The molecule has 2 N–H and O–H groups in total. The third kappa shape index (κ3) is 9.79. The fraction of sp³-hybridized carbons (Fsp3) is 1.00. The fourth-order valence-corrected chi connectivity index (χ4v) is 1.87. The van der Waals surface area contributed by atoms with Crippen LogP contribution >= 0.6 is 0 Å². The summed E-state index contributed by atoms with van der Waals surface area (Å²) in [4.78, 5) is 2.36. The van der Waals surface area contributed by atoms with Crippen LogP contribution in [0.25, 0.3) is 0 Å². The molecule has 1 atom stereocenters. The number of methoxy groups -OCH3 is 2. The number of likely N-dealkylation sites (N-methyl/N-ethyl adjacent to an activating group) is 1. The van der Waals surface area contributed by atoms with Crippen LogP contribution in [0.2, 0.25) is 0 Å². The predicted octanol–water partition coefficient (Wildman–Crippen LogP) is 0.332. The summed E-state index contributed by atoms with van der Waals surface area (Å²) < 4.78 is 10.2. The van der Waals surface area contributed by atoms with Crippen LogP contribution in [0.3, 0.4) is 0 Å². The first-order valence-electron chi connectivity index (χ1n) is 6.82. The second-order valence-corrected chi connectivity index (χ2v) is 4.41. The molecule has 1 unspecified atom stereocenters. The lowest BCUT2D eigenvalue weighted by Gasteiger charge is -2.24. The molecule has 0 aliphatic rings. The van der Waals surface area contributed by atoms with E-state index in [0.717, 1.165) is 52.2 Å². The molecule has 0 radical (unpaired) electrons. The molecular weight excluding hydrogens is 232 g/mol. The van der Waals surface area contributed by atoms with Gasteiger partial charge in [0.1, 0.15) is 0 Å². The lowest BCUT2D eigenvalue weighted by atomic mass is 10.2. The minimum Gasteiger partial charge on any atom is -0.395 e. The predicted molar refractivity (Wildman–Crippen MR) is 74.0 cm³/mol. The van der Waals surface area contributed by atoms with Gasteiger partial charge in [-0.25, -0.2) is 0 Å². The number of nitrogens with zero attached hydrogens (tertiary/aromatic N) is 1. The van der Waals surface area contributed by atoms with E-state index in [1.54, 1.807) is 14.2 Å². The number of nitrogens with one attached hydrogen (secondary N) is 1. The maximum atomic E-state index is 9.23. The van der Waals surface area contributed by atoms with E-state index >= 15 is 0 Å². The van der Waals surface area contributed by atoms with Gasteiger partial charge in [0.15, 0.2) is 0 Å². The molecule has 0 fully saturated rings. The van der Waals surface area contributed by atoms with E-state index in [-0.39, 0.29) is 12.6 Å².